The van der Waals surface area contributed by atoms with Crippen LogP contribution in [0.25, 0.3) is 0 Å². The first-order chi connectivity index (χ1) is 4.25. The van der Waals surface area contributed by atoms with E-state index in [0.717, 1.165) is 11.8 Å². The van der Waals surface area contributed by atoms with Crippen LogP contribution in [-0.2, 0) is 0 Å². The molecule has 1 aliphatic rings. The molecule has 0 heterocycles. The Morgan fingerprint density at radius 3 is 2.67 bits per heavy atom. The van der Waals surface area contributed by atoms with Crippen LogP contribution in [0.5, 0.6) is 0 Å². The molecule has 52 valence electrons. The zero-order valence-electron chi connectivity index (χ0n) is 6.02. The predicted octanol–water partition coefficient (Wildman–Crippen LogP) is 3.37. The van der Waals surface area contributed by atoms with Crippen molar-refractivity contribution in [1.82, 2.24) is 0 Å². The molecule has 0 N–H and O–H groups in total. The van der Waals surface area contributed by atoms with Crippen molar-refractivity contribution >= 4 is 22.6 Å². The SMILES string of the molecule is CC[C@H]1C(I)=CC[C@@H]1C. The monoisotopic (exact) mass is 236 g/mol. The average Bonchev–Trinajstić information content (AvgIpc) is 2.12. The summed E-state index contributed by atoms with van der Waals surface area (Å²) in [6.07, 6.45) is 4.99. The second kappa shape index (κ2) is 3.04. The molecule has 9 heavy (non-hydrogen) atoms. The summed E-state index contributed by atoms with van der Waals surface area (Å²) in [6, 6.07) is 0. The van der Waals surface area contributed by atoms with Crippen LogP contribution < -0.4 is 0 Å². The van der Waals surface area contributed by atoms with Gasteiger partial charge in [0, 0.05) is 0 Å². The molecule has 2 atom stereocenters. The highest BCUT2D eigenvalue weighted by atomic mass is 127. The van der Waals surface area contributed by atoms with Gasteiger partial charge in [0.05, 0.1) is 0 Å². The Morgan fingerprint density at radius 2 is 2.44 bits per heavy atom. The second-order valence-corrected chi connectivity index (χ2v) is 4.06. The van der Waals surface area contributed by atoms with Crippen molar-refractivity contribution in [3.8, 4) is 0 Å². The molecule has 0 aromatic heterocycles. The topological polar surface area (TPSA) is 0 Å². The summed E-state index contributed by atoms with van der Waals surface area (Å²) in [6.45, 7) is 4.62. The van der Waals surface area contributed by atoms with E-state index in [-0.39, 0.29) is 0 Å². The van der Waals surface area contributed by atoms with Gasteiger partial charge in [0.1, 0.15) is 0 Å². The van der Waals surface area contributed by atoms with E-state index in [0.29, 0.717) is 0 Å². The third-order valence-electron chi connectivity index (χ3n) is 2.17. The van der Waals surface area contributed by atoms with Crippen LogP contribution >= 0.6 is 22.6 Å². The molecule has 1 rings (SSSR count). The standard InChI is InChI=1S/C8H13I/c1-3-7-6(2)4-5-8(7)9/h5-7H,3-4H2,1-2H3/t6-,7+/m0/s1. The molecule has 1 aliphatic carbocycles. The minimum atomic E-state index is 0.880. The number of halogens is 1. The maximum absolute atomic E-state index is 2.47. The van der Waals surface area contributed by atoms with Gasteiger partial charge in [0.25, 0.3) is 0 Å². The predicted molar refractivity (Wildman–Crippen MR) is 49.7 cm³/mol. The van der Waals surface area contributed by atoms with Crippen LogP contribution in [-0.4, -0.2) is 0 Å². The van der Waals surface area contributed by atoms with Gasteiger partial charge < -0.3 is 0 Å². The summed E-state index contributed by atoms with van der Waals surface area (Å²) < 4.78 is 1.59. The minimum Gasteiger partial charge on any atom is -0.0746 e. The maximum Gasteiger partial charge on any atom is -0.00810 e. The Labute approximate surface area is 70.9 Å². The summed E-state index contributed by atoms with van der Waals surface area (Å²) in [5.41, 5.74) is 0. The number of hydrogen-bond donors (Lipinski definition) is 0. The lowest BCUT2D eigenvalue weighted by atomic mass is 9.96. The van der Waals surface area contributed by atoms with Crippen molar-refractivity contribution < 1.29 is 0 Å². The lowest BCUT2D eigenvalue weighted by Gasteiger charge is -2.13. The Bertz CT molecular complexity index is 127. The summed E-state index contributed by atoms with van der Waals surface area (Å²) >= 11 is 2.47. The molecule has 0 saturated heterocycles. The Morgan fingerprint density at radius 1 is 1.78 bits per heavy atom. The zero-order valence-corrected chi connectivity index (χ0v) is 8.18. The Balaban J connectivity index is 2.57. The van der Waals surface area contributed by atoms with Crippen LogP contribution in [0.2, 0.25) is 0 Å². The first-order valence-electron chi connectivity index (χ1n) is 3.61. The first-order valence-corrected chi connectivity index (χ1v) is 4.69. The molecular weight excluding hydrogens is 223 g/mol. The molecule has 0 aromatic rings. The van der Waals surface area contributed by atoms with Crippen LogP contribution in [0.1, 0.15) is 26.7 Å². The molecule has 0 fully saturated rings. The van der Waals surface area contributed by atoms with E-state index >= 15 is 0 Å². The Kier molecular flexibility index (Phi) is 2.56. The summed E-state index contributed by atoms with van der Waals surface area (Å²) in [7, 11) is 0. The largest absolute Gasteiger partial charge is 0.0746 e. The van der Waals surface area contributed by atoms with Crippen LogP contribution in [0.15, 0.2) is 9.66 Å². The molecular formula is C8H13I. The minimum absolute atomic E-state index is 0.880. The quantitative estimate of drug-likeness (QED) is 0.612. The van der Waals surface area contributed by atoms with E-state index in [2.05, 4.69) is 42.5 Å². The summed E-state index contributed by atoms with van der Waals surface area (Å²) in [4.78, 5) is 0. The fourth-order valence-corrected chi connectivity index (χ4v) is 2.79. The molecule has 0 nitrogen and oxygen atoms in total. The van der Waals surface area contributed by atoms with Gasteiger partial charge in [0.2, 0.25) is 0 Å². The van der Waals surface area contributed by atoms with Crippen molar-refractivity contribution in [2.24, 2.45) is 11.8 Å². The van der Waals surface area contributed by atoms with Gasteiger partial charge >= 0.3 is 0 Å². The molecule has 0 saturated carbocycles. The molecule has 0 aromatic carbocycles. The van der Waals surface area contributed by atoms with Crippen molar-refractivity contribution in [2.45, 2.75) is 26.7 Å². The number of rotatable bonds is 1. The van der Waals surface area contributed by atoms with Gasteiger partial charge in [-0.25, -0.2) is 0 Å². The number of hydrogen-bond acceptors (Lipinski definition) is 0. The van der Waals surface area contributed by atoms with Crippen LogP contribution in [0.4, 0.5) is 0 Å². The smallest absolute Gasteiger partial charge is 0.00810 e. The highest BCUT2D eigenvalue weighted by Crippen LogP contribution is 2.37. The highest BCUT2D eigenvalue weighted by Gasteiger charge is 2.22. The van der Waals surface area contributed by atoms with Crippen molar-refractivity contribution in [2.75, 3.05) is 0 Å². The second-order valence-electron chi connectivity index (χ2n) is 2.82. The van der Waals surface area contributed by atoms with Crippen molar-refractivity contribution in [1.29, 1.82) is 0 Å². The summed E-state index contributed by atoms with van der Waals surface area (Å²) in [5.74, 6) is 1.78. The molecule has 1 heteroatoms. The third kappa shape index (κ3) is 1.48. The van der Waals surface area contributed by atoms with E-state index in [9.17, 15) is 0 Å². The van der Waals surface area contributed by atoms with E-state index in [1.54, 1.807) is 3.58 Å². The van der Waals surface area contributed by atoms with Gasteiger partial charge in [0.15, 0.2) is 0 Å². The Hall–Kier alpha value is 0.470. The first kappa shape index (κ1) is 7.58. The number of allylic oxidation sites excluding steroid dienone is 2. The van der Waals surface area contributed by atoms with Gasteiger partial charge in [-0.1, -0.05) is 19.9 Å². The van der Waals surface area contributed by atoms with Gasteiger partial charge in [-0.2, -0.15) is 0 Å². The van der Waals surface area contributed by atoms with E-state index in [1.165, 1.54) is 12.8 Å². The van der Waals surface area contributed by atoms with E-state index in [4.69, 9.17) is 0 Å². The summed E-state index contributed by atoms with van der Waals surface area (Å²) in [5, 5.41) is 0. The van der Waals surface area contributed by atoms with E-state index in [1.807, 2.05) is 0 Å². The van der Waals surface area contributed by atoms with Crippen molar-refractivity contribution in [3.63, 3.8) is 0 Å². The lowest BCUT2D eigenvalue weighted by Crippen LogP contribution is -2.03. The average molecular weight is 236 g/mol. The molecule has 0 unspecified atom stereocenters. The van der Waals surface area contributed by atoms with Gasteiger partial charge in [-0.3, -0.25) is 0 Å². The van der Waals surface area contributed by atoms with Gasteiger partial charge in [-0.05, 0) is 50.8 Å². The van der Waals surface area contributed by atoms with Crippen molar-refractivity contribution in [3.05, 3.63) is 9.66 Å². The highest BCUT2D eigenvalue weighted by molar-refractivity contribution is 14.1. The third-order valence-corrected chi connectivity index (χ3v) is 3.41. The van der Waals surface area contributed by atoms with E-state index < -0.39 is 0 Å². The molecule has 0 amide bonds. The zero-order chi connectivity index (χ0) is 6.85. The van der Waals surface area contributed by atoms with Crippen LogP contribution in [0.3, 0.4) is 0 Å². The van der Waals surface area contributed by atoms with Gasteiger partial charge in [-0.15, -0.1) is 0 Å². The normalized spacial score (nSPS) is 34.8. The molecule has 0 spiro atoms. The molecule has 0 radical (unpaired) electrons. The van der Waals surface area contributed by atoms with Crippen LogP contribution in [0, 0.1) is 11.8 Å². The maximum atomic E-state index is 2.47. The molecule has 0 bridgehead atoms. The lowest BCUT2D eigenvalue weighted by molar-refractivity contribution is 0.448. The molecule has 0 aliphatic heterocycles. The fraction of sp³-hybridized carbons (Fsp3) is 0.750. The fourth-order valence-electron chi connectivity index (χ4n) is 1.48.